The van der Waals surface area contributed by atoms with Crippen molar-refractivity contribution in [2.24, 2.45) is 18.7 Å². The van der Waals surface area contributed by atoms with Crippen LogP contribution in [0.1, 0.15) is 30.8 Å². The van der Waals surface area contributed by atoms with Crippen LogP contribution in [0.3, 0.4) is 0 Å². The highest BCUT2D eigenvalue weighted by molar-refractivity contribution is 5.92. The molecule has 5 nitrogen and oxygen atoms in total. The third-order valence-electron chi connectivity index (χ3n) is 2.43. The van der Waals surface area contributed by atoms with Crippen LogP contribution >= 0.6 is 0 Å². The summed E-state index contributed by atoms with van der Waals surface area (Å²) in [6.45, 7) is 6.24. The Balaban J connectivity index is 2.71. The molecule has 96 valence electrons. The van der Waals surface area contributed by atoms with Gasteiger partial charge in [0.25, 0.3) is 5.91 Å². The van der Waals surface area contributed by atoms with Gasteiger partial charge < -0.3 is 15.2 Å². The standard InChI is InChI=1S/C12H22N4O/c1-10(2)7-16(6-4-5-13)12(17)11-8-15(3)9-14-11/h8-10H,4-7,13H2,1-3H3. The lowest BCUT2D eigenvalue weighted by Crippen LogP contribution is -2.36. The molecule has 2 N–H and O–H groups in total. The van der Waals surface area contributed by atoms with E-state index in [4.69, 9.17) is 5.73 Å². The lowest BCUT2D eigenvalue weighted by Gasteiger charge is -2.23. The minimum Gasteiger partial charge on any atom is -0.340 e. The van der Waals surface area contributed by atoms with Crippen molar-refractivity contribution in [1.29, 1.82) is 0 Å². The number of aromatic nitrogens is 2. The molecule has 0 fully saturated rings. The summed E-state index contributed by atoms with van der Waals surface area (Å²) >= 11 is 0. The first-order valence-electron chi connectivity index (χ1n) is 6.02. The van der Waals surface area contributed by atoms with Gasteiger partial charge >= 0.3 is 0 Å². The molecule has 1 heterocycles. The van der Waals surface area contributed by atoms with Gasteiger partial charge in [0.15, 0.2) is 0 Å². The zero-order valence-electron chi connectivity index (χ0n) is 10.9. The Morgan fingerprint density at radius 1 is 1.59 bits per heavy atom. The van der Waals surface area contributed by atoms with Gasteiger partial charge in [0.1, 0.15) is 5.69 Å². The number of nitrogens with two attached hydrogens (primary N) is 1. The Morgan fingerprint density at radius 3 is 2.76 bits per heavy atom. The lowest BCUT2D eigenvalue weighted by atomic mass is 10.2. The van der Waals surface area contributed by atoms with E-state index in [-0.39, 0.29) is 5.91 Å². The molecule has 5 heteroatoms. The molecule has 0 saturated carbocycles. The van der Waals surface area contributed by atoms with E-state index in [1.165, 1.54) is 0 Å². The largest absolute Gasteiger partial charge is 0.340 e. The highest BCUT2D eigenvalue weighted by Crippen LogP contribution is 2.06. The van der Waals surface area contributed by atoms with Crippen LogP contribution < -0.4 is 5.73 Å². The Bertz CT molecular complexity index is 359. The summed E-state index contributed by atoms with van der Waals surface area (Å²) < 4.78 is 1.78. The SMILES string of the molecule is CC(C)CN(CCCN)C(=O)c1cn(C)cn1. The third-order valence-corrected chi connectivity index (χ3v) is 2.43. The zero-order chi connectivity index (χ0) is 12.8. The zero-order valence-corrected chi connectivity index (χ0v) is 10.9. The van der Waals surface area contributed by atoms with Gasteiger partial charge in [-0.15, -0.1) is 0 Å². The van der Waals surface area contributed by atoms with E-state index >= 15 is 0 Å². The fourth-order valence-corrected chi connectivity index (χ4v) is 1.68. The summed E-state index contributed by atoms with van der Waals surface area (Å²) in [5.41, 5.74) is 6.00. The Hall–Kier alpha value is -1.36. The van der Waals surface area contributed by atoms with Crippen molar-refractivity contribution in [3.63, 3.8) is 0 Å². The first-order chi connectivity index (χ1) is 8.04. The summed E-state index contributed by atoms with van der Waals surface area (Å²) in [6, 6.07) is 0. The average molecular weight is 238 g/mol. The second-order valence-electron chi connectivity index (χ2n) is 4.71. The van der Waals surface area contributed by atoms with E-state index in [2.05, 4.69) is 18.8 Å². The maximum absolute atomic E-state index is 12.2. The molecular formula is C12H22N4O. The van der Waals surface area contributed by atoms with E-state index in [0.29, 0.717) is 24.7 Å². The maximum atomic E-state index is 12.2. The van der Waals surface area contributed by atoms with E-state index in [0.717, 1.165) is 13.0 Å². The van der Waals surface area contributed by atoms with Crippen molar-refractivity contribution in [3.05, 3.63) is 18.2 Å². The number of imidazole rings is 1. The second-order valence-corrected chi connectivity index (χ2v) is 4.71. The molecule has 0 spiro atoms. The Kier molecular flexibility index (Phi) is 5.15. The number of rotatable bonds is 6. The molecule has 0 radical (unpaired) electrons. The number of hydrogen-bond acceptors (Lipinski definition) is 3. The van der Waals surface area contributed by atoms with Crippen molar-refractivity contribution in [2.45, 2.75) is 20.3 Å². The van der Waals surface area contributed by atoms with Crippen LogP contribution in [0.5, 0.6) is 0 Å². The van der Waals surface area contributed by atoms with Crippen LogP contribution in [0.4, 0.5) is 0 Å². The topological polar surface area (TPSA) is 64.2 Å². The highest BCUT2D eigenvalue weighted by Gasteiger charge is 2.18. The molecule has 0 aromatic carbocycles. The van der Waals surface area contributed by atoms with Crippen LogP contribution in [-0.4, -0.2) is 40.0 Å². The number of amides is 1. The number of carbonyl (C=O) groups excluding carboxylic acids is 1. The van der Waals surface area contributed by atoms with Crippen LogP contribution in [0, 0.1) is 5.92 Å². The van der Waals surface area contributed by atoms with Gasteiger partial charge in [-0.3, -0.25) is 4.79 Å². The first kappa shape index (κ1) is 13.7. The van der Waals surface area contributed by atoms with Gasteiger partial charge in [0, 0.05) is 26.3 Å². The summed E-state index contributed by atoms with van der Waals surface area (Å²) in [4.78, 5) is 18.1. The molecule has 0 saturated heterocycles. The van der Waals surface area contributed by atoms with Crippen LogP contribution in [0.15, 0.2) is 12.5 Å². The minimum atomic E-state index is -0.00671. The van der Waals surface area contributed by atoms with Gasteiger partial charge in [-0.25, -0.2) is 4.98 Å². The van der Waals surface area contributed by atoms with E-state index in [9.17, 15) is 4.79 Å². The fraction of sp³-hybridized carbons (Fsp3) is 0.667. The van der Waals surface area contributed by atoms with Crippen molar-refractivity contribution in [2.75, 3.05) is 19.6 Å². The van der Waals surface area contributed by atoms with E-state index in [1.54, 1.807) is 17.1 Å². The van der Waals surface area contributed by atoms with E-state index in [1.807, 2.05) is 11.9 Å². The maximum Gasteiger partial charge on any atom is 0.274 e. The van der Waals surface area contributed by atoms with Crippen LogP contribution in [0.25, 0.3) is 0 Å². The van der Waals surface area contributed by atoms with Gasteiger partial charge in [-0.05, 0) is 18.9 Å². The van der Waals surface area contributed by atoms with Crippen molar-refractivity contribution >= 4 is 5.91 Å². The first-order valence-corrected chi connectivity index (χ1v) is 6.02. The lowest BCUT2D eigenvalue weighted by molar-refractivity contribution is 0.0729. The molecule has 17 heavy (non-hydrogen) atoms. The molecule has 1 aromatic heterocycles. The Labute approximate surface area is 103 Å². The van der Waals surface area contributed by atoms with Gasteiger partial charge in [-0.2, -0.15) is 0 Å². The second kappa shape index (κ2) is 6.39. The van der Waals surface area contributed by atoms with Gasteiger partial charge in [0.2, 0.25) is 0 Å². The number of nitrogens with zero attached hydrogens (tertiary/aromatic N) is 3. The monoisotopic (exact) mass is 238 g/mol. The smallest absolute Gasteiger partial charge is 0.274 e. The Morgan fingerprint density at radius 2 is 2.29 bits per heavy atom. The van der Waals surface area contributed by atoms with Crippen LogP contribution in [0.2, 0.25) is 0 Å². The molecule has 0 aliphatic carbocycles. The molecule has 1 rings (SSSR count). The fourth-order valence-electron chi connectivity index (χ4n) is 1.68. The predicted molar refractivity (Wildman–Crippen MR) is 67.6 cm³/mol. The average Bonchev–Trinajstić information content (AvgIpc) is 2.69. The molecule has 1 amide bonds. The highest BCUT2D eigenvalue weighted by atomic mass is 16.2. The van der Waals surface area contributed by atoms with Gasteiger partial charge in [-0.1, -0.05) is 13.8 Å². The van der Waals surface area contributed by atoms with Crippen molar-refractivity contribution in [1.82, 2.24) is 14.5 Å². The third kappa shape index (κ3) is 4.19. The predicted octanol–water partition coefficient (Wildman–Crippen LogP) is 0.867. The van der Waals surface area contributed by atoms with Crippen molar-refractivity contribution in [3.8, 4) is 0 Å². The minimum absolute atomic E-state index is 0.00671. The molecular weight excluding hydrogens is 216 g/mol. The molecule has 0 bridgehead atoms. The van der Waals surface area contributed by atoms with E-state index < -0.39 is 0 Å². The normalized spacial score (nSPS) is 10.9. The van der Waals surface area contributed by atoms with Crippen LogP contribution in [-0.2, 0) is 7.05 Å². The molecule has 0 aliphatic heterocycles. The molecule has 1 aromatic rings. The summed E-state index contributed by atoms with van der Waals surface area (Å²) in [7, 11) is 1.86. The molecule has 0 aliphatic rings. The molecule has 0 atom stereocenters. The van der Waals surface area contributed by atoms with Gasteiger partial charge in [0.05, 0.1) is 6.33 Å². The quantitative estimate of drug-likeness (QED) is 0.799. The van der Waals surface area contributed by atoms with Crippen molar-refractivity contribution < 1.29 is 4.79 Å². The summed E-state index contributed by atoms with van der Waals surface area (Å²) in [5.74, 6) is 0.438. The molecule has 0 unspecified atom stereocenters. The summed E-state index contributed by atoms with van der Waals surface area (Å²) in [6.07, 6.45) is 4.22. The summed E-state index contributed by atoms with van der Waals surface area (Å²) in [5, 5.41) is 0. The number of hydrogen-bond donors (Lipinski definition) is 1. The number of aryl methyl sites for hydroxylation is 1. The number of carbonyl (C=O) groups is 1.